The smallest absolute Gasteiger partial charge is 0.123 e. The van der Waals surface area contributed by atoms with E-state index in [-0.39, 0.29) is 5.92 Å². The summed E-state index contributed by atoms with van der Waals surface area (Å²) >= 11 is 0. The van der Waals surface area contributed by atoms with Gasteiger partial charge in [0, 0.05) is 37.8 Å². The molecule has 6 heteroatoms. The van der Waals surface area contributed by atoms with Gasteiger partial charge in [-0.05, 0) is 61.0 Å². The van der Waals surface area contributed by atoms with E-state index in [4.69, 9.17) is 15.5 Å². The topological polar surface area (TPSA) is 77.9 Å². The van der Waals surface area contributed by atoms with E-state index >= 15 is 0 Å². The maximum absolute atomic E-state index is 10.1. The zero-order valence-corrected chi connectivity index (χ0v) is 20.0. The van der Waals surface area contributed by atoms with Crippen molar-refractivity contribution in [2.24, 2.45) is 10.7 Å². The molecule has 0 bridgehead atoms. The average molecular weight is 452 g/mol. The SMILES string of the molecule is COc1ccc(N2C(=Nc3ccc(C)cc3)CC(c3ccc(N(C)C)cc3)C(C#N)=C2N)cc1. The van der Waals surface area contributed by atoms with E-state index in [1.807, 2.05) is 67.5 Å². The second-order valence-electron chi connectivity index (χ2n) is 8.55. The molecule has 0 fully saturated rings. The van der Waals surface area contributed by atoms with Crippen LogP contribution >= 0.6 is 0 Å². The van der Waals surface area contributed by atoms with E-state index in [1.165, 1.54) is 5.56 Å². The summed E-state index contributed by atoms with van der Waals surface area (Å²) in [6.45, 7) is 2.05. The minimum absolute atomic E-state index is 0.181. The Morgan fingerprint density at radius 1 is 1.00 bits per heavy atom. The minimum atomic E-state index is -0.181. The molecule has 1 aliphatic heterocycles. The van der Waals surface area contributed by atoms with Crippen LogP contribution in [-0.4, -0.2) is 27.0 Å². The van der Waals surface area contributed by atoms with Crippen LogP contribution in [-0.2, 0) is 0 Å². The summed E-state index contributed by atoms with van der Waals surface area (Å²) in [6, 6.07) is 26.3. The molecule has 0 aliphatic carbocycles. The Morgan fingerprint density at radius 2 is 1.65 bits per heavy atom. The van der Waals surface area contributed by atoms with Crippen molar-refractivity contribution in [2.75, 3.05) is 31.0 Å². The molecule has 172 valence electrons. The molecular weight excluding hydrogens is 422 g/mol. The highest BCUT2D eigenvalue weighted by molar-refractivity contribution is 6.04. The number of aryl methyl sites for hydroxylation is 1. The Balaban J connectivity index is 1.84. The van der Waals surface area contributed by atoms with Crippen LogP contribution in [0, 0.1) is 18.3 Å². The van der Waals surface area contributed by atoms with Gasteiger partial charge in [0.1, 0.15) is 17.4 Å². The van der Waals surface area contributed by atoms with Crippen LogP contribution in [0.2, 0.25) is 0 Å². The molecule has 1 aliphatic rings. The van der Waals surface area contributed by atoms with Gasteiger partial charge in [0.2, 0.25) is 0 Å². The summed E-state index contributed by atoms with van der Waals surface area (Å²) in [5.74, 6) is 1.75. The maximum atomic E-state index is 10.1. The number of nitrogens with zero attached hydrogens (tertiary/aromatic N) is 4. The highest BCUT2D eigenvalue weighted by Crippen LogP contribution is 2.38. The number of aliphatic imine (C=N–C) groups is 1. The quantitative estimate of drug-likeness (QED) is 0.555. The second kappa shape index (κ2) is 9.72. The molecule has 0 amide bonds. The largest absolute Gasteiger partial charge is 0.497 e. The van der Waals surface area contributed by atoms with E-state index < -0.39 is 0 Å². The van der Waals surface area contributed by atoms with Crippen LogP contribution in [0.5, 0.6) is 5.75 Å². The van der Waals surface area contributed by atoms with Crippen molar-refractivity contribution in [1.82, 2.24) is 0 Å². The minimum Gasteiger partial charge on any atom is -0.497 e. The number of rotatable bonds is 5. The molecule has 0 saturated carbocycles. The predicted molar refractivity (Wildman–Crippen MR) is 139 cm³/mol. The summed E-state index contributed by atoms with van der Waals surface area (Å²) in [5.41, 5.74) is 12.2. The number of amidine groups is 1. The number of hydrogen-bond donors (Lipinski definition) is 1. The summed E-state index contributed by atoms with van der Waals surface area (Å²) in [7, 11) is 5.65. The molecule has 6 nitrogen and oxygen atoms in total. The second-order valence-corrected chi connectivity index (χ2v) is 8.55. The number of nitriles is 1. The molecule has 3 aromatic rings. The number of anilines is 2. The van der Waals surface area contributed by atoms with Crippen molar-refractivity contribution in [3.63, 3.8) is 0 Å². The number of hydrogen-bond acceptors (Lipinski definition) is 5. The molecule has 0 saturated heterocycles. The van der Waals surface area contributed by atoms with Crippen molar-refractivity contribution in [1.29, 1.82) is 5.26 Å². The zero-order valence-electron chi connectivity index (χ0n) is 20.0. The average Bonchev–Trinajstić information content (AvgIpc) is 2.85. The number of benzene rings is 3. The van der Waals surface area contributed by atoms with E-state index in [1.54, 1.807) is 7.11 Å². The van der Waals surface area contributed by atoms with Crippen molar-refractivity contribution in [3.8, 4) is 11.8 Å². The summed E-state index contributed by atoms with van der Waals surface area (Å²) < 4.78 is 5.31. The highest BCUT2D eigenvalue weighted by atomic mass is 16.5. The summed E-state index contributed by atoms with van der Waals surface area (Å²) in [5, 5.41) is 10.1. The zero-order chi connectivity index (χ0) is 24.2. The van der Waals surface area contributed by atoms with Gasteiger partial charge in [0.15, 0.2) is 0 Å². The van der Waals surface area contributed by atoms with Gasteiger partial charge >= 0.3 is 0 Å². The molecule has 1 heterocycles. The first-order valence-corrected chi connectivity index (χ1v) is 11.2. The lowest BCUT2D eigenvalue weighted by atomic mass is 9.85. The van der Waals surface area contributed by atoms with Crippen LogP contribution in [0.25, 0.3) is 0 Å². The summed E-state index contributed by atoms with van der Waals surface area (Å²) in [4.78, 5) is 8.91. The number of ether oxygens (including phenoxy) is 1. The first kappa shape index (κ1) is 22.9. The Morgan fingerprint density at radius 3 is 2.21 bits per heavy atom. The maximum Gasteiger partial charge on any atom is 0.123 e. The third-order valence-electron chi connectivity index (χ3n) is 6.07. The van der Waals surface area contributed by atoms with Gasteiger partial charge < -0.3 is 15.4 Å². The molecule has 0 aromatic heterocycles. The Hall–Kier alpha value is -4.24. The predicted octanol–water partition coefficient (Wildman–Crippen LogP) is 5.49. The van der Waals surface area contributed by atoms with Gasteiger partial charge in [-0.1, -0.05) is 29.8 Å². The van der Waals surface area contributed by atoms with Gasteiger partial charge in [-0.2, -0.15) is 5.26 Å². The standard InChI is InChI=1S/C28H29N5O/c1-19-5-9-21(10-6-19)31-27-17-25(20-7-11-22(12-8-20)32(2)3)26(18-29)28(30)33(27)23-13-15-24(34-4)16-14-23/h5-16,25H,17,30H2,1-4H3. The van der Waals surface area contributed by atoms with Gasteiger partial charge in [-0.25, -0.2) is 4.99 Å². The van der Waals surface area contributed by atoms with E-state index in [2.05, 4.69) is 42.2 Å². The van der Waals surface area contributed by atoms with Crippen molar-refractivity contribution in [3.05, 3.63) is 95.3 Å². The highest BCUT2D eigenvalue weighted by Gasteiger charge is 2.33. The fraction of sp³-hybridized carbons (Fsp3) is 0.214. The fourth-order valence-corrected chi connectivity index (χ4v) is 4.12. The third-order valence-corrected chi connectivity index (χ3v) is 6.07. The van der Waals surface area contributed by atoms with Gasteiger partial charge in [0.25, 0.3) is 0 Å². The molecule has 0 radical (unpaired) electrons. The number of nitrogens with two attached hydrogens (primary N) is 1. The van der Waals surface area contributed by atoms with Gasteiger partial charge in [0.05, 0.1) is 24.4 Å². The van der Waals surface area contributed by atoms with Crippen LogP contribution in [0.4, 0.5) is 17.1 Å². The van der Waals surface area contributed by atoms with Crippen LogP contribution < -0.4 is 20.3 Å². The van der Waals surface area contributed by atoms with Crippen molar-refractivity contribution >= 4 is 22.9 Å². The van der Waals surface area contributed by atoms with Gasteiger partial charge in [-0.15, -0.1) is 0 Å². The van der Waals surface area contributed by atoms with Crippen LogP contribution in [0.15, 0.2) is 89.2 Å². The van der Waals surface area contributed by atoms with Crippen LogP contribution in [0.1, 0.15) is 23.5 Å². The molecule has 34 heavy (non-hydrogen) atoms. The Bertz CT molecular complexity index is 1250. The summed E-state index contributed by atoms with van der Waals surface area (Å²) in [6.07, 6.45) is 0.546. The first-order valence-electron chi connectivity index (χ1n) is 11.2. The molecular formula is C28H29N5O. The molecule has 0 spiro atoms. The van der Waals surface area contributed by atoms with Crippen molar-refractivity contribution < 1.29 is 4.74 Å². The molecule has 1 atom stereocenters. The van der Waals surface area contributed by atoms with Crippen LogP contribution in [0.3, 0.4) is 0 Å². The molecule has 2 N–H and O–H groups in total. The Kier molecular flexibility index (Phi) is 6.55. The lowest BCUT2D eigenvalue weighted by molar-refractivity contribution is 0.415. The van der Waals surface area contributed by atoms with Crippen molar-refractivity contribution in [2.45, 2.75) is 19.3 Å². The number of methoxy groups -OCH3 is 1. The van der Waals surface area contributed by atoms with E-state index in [9.17, 15) is 5.26 Å². The van der Waals surface area contributed by atoms with E-state index in [0.29, 0.717) is 17.8 Å². The fourth-order valence-electron chi connectivity index (χ4n) is 4.12. The molecule has 3 aromatic carbocycles. The number of allylic oxidation sites excluding steroid dienone is 1. The molecule has 1 unspecified atom stereocenters. The lowest BCUT2D eigenvalue weighted by Crippen LogP contribution is -2.40. The molecule has 4 rings (SSSR count). The normalized spacial score (nSPS) is 17.0. The Labute approximate surface area is 201 Å². The van der Waals surface area contributed by atoms with E-state index in [0.717, 1.165) is 34.2 Å². The lowest BCUT2D eigenvalue weighted by Gasteiger charge is -2.35. The third kappa shape index (κ3) is 4.60. The van der Waals surface area contributed by atoms with Gasteiger partial charge in [-0.3, -0.25) is 4.90 Å². The monoisotopic (exact) mass is 451 g/mol. The first-order chi connectivity index (χ1) is 16.4.